The molecule has 0 unspecified atom stereocenters. The molecule has 9 aromatic carbocycles. The third-order valence-corrected chi connectivity index (χ3v) is 20.9. The second-order valence-corrected chi connectivity index (χ2v) is 29.9. The molecule has 13 rings (SSSR count). The van der Waals surface area contributed by atoms with Crippen molar-refractivity contribution >= 4 is 57.2 Å². The van der Waals surface area contributed by atoms with Crippen LogP contribution < -0.4 is 26.2 Å². The van der Waals surface area contributed by atoms with Crippen LogP contribution in [0.3, 0.4) is 0 Å². The Morgan fingerprint density at radius 2 is 0.771 bits per heavy atom. The minimum Gasteiger partial charge on any atom is -0.311 e. The summed E-state index contributed by atoms with van der Waals surface area (Å²) < 4.78 is 0. The zero-order chi connectivity index (χ0) is 58.4. The third-order valence-electron chi connectivity index (χ3n) is 20.9. The Hall–Kier alpha value is -7.36. The maximum absolute atomic E-state index is 2.75. The maximum atomic E-state index is 2.75. The van der Waals surface area contributed by atoms with Gasteiger partial charge in [-0.3, -0.25) is 0 Å². The van der Waals surface area contributed by atoms with E-state index in [-0.39, 0.29) is 44.6 Å². The zero-order valence-corrected chi connectivity index (χ0v) is 52.3. The van der Waals surface area contributed by atoms with Gasteiger partial charge in [-0.25, -0.2) is 0 Å². The number of anilines is 6. The lowest BCUT2D eigenvalue weighted by atomic mass is 9.32. The molecule has 0 atom stereocenters. The van der Waals surface area contributed by atoms with Crippen molar-refractivity contribution < 1.29 is 0 Å². The number of rotatable bonds is 8. The standard InChI is InChI=1S/C80H85BN2/c1-74(2,3)57-47-70-72-71(48-57)83(73-60(52-28-20-16-21-29-52)44-58(45-61(73)53-30-22-17-23-31-53)80(14,15)55-34-26-19-27-35-55)68-39-36-56(79(12,13)54-32-24-18-25-33-54)46-66(68)81(72)67-50-64-65(78(10,11)43-42-77(64,8)9)51-69(67)82(70)59-37-38-62-63(49-59)76(6,7)41-40-75(62,4)5/h16-39,44-51H,40-43H2,1-15H3. The number of hydrogen-bond acceptors (Lipinski definition) is 2. The van der Waals surface area contributed by atoms with E-state index in [0.29, 0.717) is 0 Å². The molecular formula is C80H85BN2. The predicted molar refractivity (Wildman–Crippen MR) is 358 cm³/mol. The van der Waals surface area contributed by atoms with E-state index in [1.165, 1.54) is 129 Å². The van der Waals surface area contributed by atoms with Gasteiger partial charge in [-0.2, -0.15) is 0 Å². The lowest BCUT2D eigenvalue weighted by molar-refractivity contribution is 0.332. The predicted octanol–water partition coefficient (Wildman–Crippen LogP) is 19.8. The van der Waals surface area contributed by atoms with Crippen molar-refractivity contribution in [3.63, 3.8) is 0 Å². The van der Waals surface area contributed by atoms with Gasteiger partial charge in [0.05, 0.1) is 5.69 Å². The lowest BCUT2D eigenvalue weighted by Gasteiger charge is -2.49. The van der Waals surface area contributed by atoms with Crippen molar-refractivity contribution in [3.8, 4) is 22.3 Å². The van der Waals surface area contributed by atoms with Crippen LogP contribution in [0.4, 0.5) is 34.1 Å². The number of hydrogen-bond donors (Lipinski definition) is 0. The molecular weight excluding hydrogens is 1000 g/mol. The van der Waals surface area contributed by atoms with Crippen molar-refractivity contribution in [2.75, 3.05) is 9.80 Å². The first-order valence-corrected chi connectivity index (χ1v) is 31.0. The highest BCUT2D eigenvalue weighted by Gasteiger charge is 2.49. The first-order chi connectivity index (χ1) is 39.3. The third kappa shape index (κ3) is 8.88. The van der Waals surface area contributed by atoms with Crippen LogP contribution in [-0.2, 0) is 37.9 Å². The summed E-state index contributed by atoms with van der Waals surface area (Å²) in [5, 5.41) is 0. The van der Waals surface area contributed by atoms with Crippen LogP contribution >= 0.6 is 0 Å². The minimum absolute atomic E-state index is 0.00316. The molecule has 2 nitrogen and oxygen atoms in total. The number of fused-ring (bicyclic) bond motifs is 6. The Balaban J connectivity index is 1.21. The summed E-state index contributed by atoms with van der Waals surface area (Å²) in [6.07, 6.45) is 4.63. The number of benzene rings is 9. The van der Waals surface area contributed by atoms with E-state index in [0.717, 1.165) is 19.3 Å². The van der Waals surface area contributed by atoms with Gasteiger partial charge in [0.1, 0.15) is 0 Å². The number of nitrogens with zero attached hydrogens (tertiary/aromatic N) is 2. The highest BCUT2D eigenvalue weighted by Crippen LogP contribution is 2.56. The molecule has 0 spiro atoms. The van der Waals surface area contributed by atoms with E-state index in [2.05, 4.69) is 308 Å². The van der Waals surface area contributed by atoms with Crippen LogP contribution in [0.15, 0.2) is 194 Å². The molecule has 3 heteroatoms. The van der Waals surface area contributed by atoms with Crippen LogP contribution in [0.2, 0.25) is 0 Å². The van der Waals surface area contributed by atoms with E-state index in [1.807, 2.05) is 0 Å². The van der Waals surface area contributed by atoms with Gasteiger partial charge < -0.3 is 9.80 Å². The first kappa shape index (κ1) is 54.9. The van der Waals surface area contributed by atoms with Crippen LogP contribution in [0.1, 0.15) is 180 Å². The van der Waals surface area contributed by atoms with E-state index in [4.69, 9.17) is 0 Å². The highest BCUT2D eigenvalue weighted by atomic mass is 15.2. The van der Waals surface area contributed by atoms with E-state index in [9.17, 15) is 0 Å². The quantitative estimate of drug-likeness (QED) is 0.140. The van der Waals surface area contributed by atoms with Gasteiger partial charge in [0.15, 0.2) is 0 Å². The monoisotopic (exact) mass is 1080 g/mol. The van der Waals surface area contributed by atoms with Gasteiger partial charge in [-0.05, 0) is 179 Å². The first-order valence-electron chi connectivity index (χ1n) is 31.0. The molecule has 2 aliphatic heterocycles. The van der Waals surface area contributed by atoms with Crippen molar-refractivity contribution in [3.05, 3.63) is 244 Å². The molecule has 0 saturated heterocycles. The van der Waals surface area contributed by atoms with Crippen molar-refractivity contribution in [1.29, 1.82) is 0 Å². The van der Waals surface area contributed by atoms with Gasteiger partial charge in [-0.15, -0.1) is 0 Å². The molecule has 0 fully saturated rings. The van der Waals surface area contributed by atoms with Crippen LogP contribution in [0.25, 0.3) is 22.3 Å². The summed E-state index contributed by atoms with van der Waals surface area (Å²) in [7, 11) is 0. The van der Waals surface area contributed by atoms with E-state index < -0.39 is 0 Å². The molecule has 0 radical (unpaired) electrons. The second-order valence-electron chi connectivity index (χ2n) is 29.9. The molecule has 0 bridgehead atoms. The van der Waals surface area contributed by atoms with Crippen LogP contribution in [0, 0.1) is 0 Å². The average Bonchev–Trinajstić information content (AvgIpc) is 2.35. The van der Waals surface area contributed by atoms with E-state index >= 15 is 0 Å². The Labute approximate surface area is 498 Å². The smallest absolute Gasteiger partial charge is 0.252 e. The Kier molecular flexibility index (Phi) is 12.6. The molecule has 83 heavy (non-hydrogen) atoms. The largest absolute Gasteiger partial charge is 0.311 e. The molecule has 0 aromatic heterocycles. The van der Waals surface area contributed by atoms with Crippen molar-refractivity contribution in [1.82, 2.24) is 0 Å². The fraction of sp³-hybridized carbons (Fsp3) is 0.325. The second kappa shape index (κ2) is 19.1. The lowest BCUT2D eigenvalue weighted by Crippen LogP contribution is -2.62. The molecule has 4 aliphatic rings. The summed E-state index contributed by atoms with van der Waals surface area (Å²) in [5.74, 6) is 0. The summed E-state index contributed by atoms with van der Waals surface area (Å²) in [4.78, 5) is 5.49. The van der Waals surface area contributed by atoms with Gasteiger partial charge in [0.25, 0.3) is 6.71 Å². The van der Waals surface area contributed by atoms with Crippen LogP contribution in [0.5, 0.6) is 0 Å². The molecule has 418 valence electrons. The van der Waals surface area contributed by atoms with Gasteiger partial charge in [0.2, 0.25) is 0 Å². The SMILES string of the molecule is CC(C)(C)c1cc2c3c(c1)N(c1c(-c4ccccc4)cc(C(C)(C)c4ccccc4)cc1-c1ccccc1)c1ccc(C(C)(C)c4ccccc4)cc1B3c1cc3c(cc1N2c1ccc2c(c1)C(C)(C)CCC2(C)C)C(C)(C)CCC3(C)C. The molecule has 2 heterocycles. The summed E-state index contributed by atoms with van der Waals surface area (Å²) in [6, 6.07) is 75.7. The fourth-order valence-corrected chi connectivity index (χ4v) is 15.1. The van der Waals surface area contributed by atoms with Gasteiger partial charge >= 0.3 is 0 Å². The summed E-state index contributed by atoms with van der Waals surface area (Å²) in [5.41, 5.74) is 28.2. The molecule has 2 aliphatic carbocycles. The Morgan fingerprint density at radius 1 is 0.337 bits per heavy atom. The highest BCUT2D eigenvalue weighted by molar-refractivity contribution is 7.00. The van der Waals surface area contributed by atoms with Crippen LogP contribution in [-0.4, -0.2) is 6.71 Å². The zero-order valence-electron chi connectivity index (χ0n) is 52.3. The Morgan fingerprint density at radius 3 is 1.28 bits per heavy atom. The normalized spacial score (nSPS) is 17.2. The summed E-state index contributed by atoms with van der Waals surface area (Å²) >= 11 is 0. The molecule has 0 N–H and O–H groups in total. The molecule has 0 saturated carbocycles. The van der Waals surface area contributed by atoms with E-state index in [1.54, 1.807) is 0 Å². The van der Waals surface area contributed by atoms with Gasteiger partial charge in [-0.1, -0.05) is 249 Å². The fourth-order valence-electron chi connectivity index (χ4n) is 15.1. The Bertz CT molecular complexity index is 3940. The average molecular weight is 1090 g/mol. The van der Waals surface area contributed by atoms with Crippen molar-refractivity contribution in [2.45, 2.75) is 167 Å². The molecule has 0 amide bonds. The maximum Gasteiger partial charge on any atom is 0.252 e. The molecule has 9 aromatic rings. The van der Waals surface area contributed by atoms with Crippen molar-refractivity contribution in [2.24, 2.45) is 0 Å². The summed E-state index contributed by atoms with van der Waals surface area (Å²) in [6.45, 7) is 36.7. The minimum atomic E-state index is -0.314. The topological polar surface area (TPSA) is 6.48 Å². The van der Waals surface area contributed by atoms with Gasteiger partial charge in [0, 0.05) is 50.4 Å².